The van der Waals surface area contributed by atoms with Crippen molar-refractivity contribution in [3.8, 4) is 0 Å². The molecule has 0 saturated carbocycles. The summed E-state index contributed by atoms with van der Waals surface area (Å²) in [6, 6.07) is 1.10. The first-order valence-corrected chi connectivity index (χ1v) is 5.30. The number of aromatic nitrogens is 1. The van der Waals surface area contributed by atoms with Gasteiger partial charge in [0.2, 0.25) is 5.95 Å². The van der Waals surface area contributed by atoms with E-state index in [-0.39, 0.29) is 31.0 Å². The van der Waals surface area contributed by atoms with E-state index in [2.05, 4.69) is 4.98 Å². The molecule has 7 heteroatoms. The SMILES string of the molecule is O=C(O)CC1CN(C(=O)c2ccnc(F)c2F)C1. The minimum absolute atomic E-state index is 0.0308. The molecule has 0 unspecified atom stereocenters. The van der Waals surface area contributed by atoms with Crippen LogP contribution in [-0.4, -0.2) is 40.0 Å². The Hall–Kier alpha value is -2.05. The third-order valence-electron chi connectivity index (χ3n) is 2.78. The number of carboxylic acid groups (broad SMARTS) is 1. The lowest BCUT2D eigenvalue weighted by atomic mass is 9.95. The molecule has 1 amide bonds. The Balaban J connectivity index is 2.02. The van der Waals surface area contributed by atoms with Crippen LogP contribution in [-0.2, 0) is 4.79 Å². The molecule has 0 spiro atoms. The summed E-state index contributed by atoms with van der Waals surface area (Å²) >= 11 is 0. The van der Waals surface area contributed by atoms with E-state index in [9.17, 15) is 18.4 Å². The fraction of sp³-hybridized carbons (Fsp3) is 0.364. The van der Waals surface area contributed by atoms with Crippen LogP contribution in [0.15, 0.2) is 12.3 Å². The molecule has 1 N–H and O–H groups in total. The summed E-state index contributed by atoms with van der Waals surface area (Å²) in [5, 5.41) is 8.55. The number of hydrogen-bond acceptors (Lipinski definition) is 3. The van der Waals surface area contributed by atoms with Crippen molar-refractivity contribution in [2.75, 3.05) is 13.1 Å². The molecular formula is C11H10F2N2O3. The fourth-order valence-corrected chi connectivity index (χ4v) is 1.87. The number of carbonyl (C=O) groups excluding carboxylic acids is 1. The highest BCUT2D eigenvalue weighted by Crippen LogP contribution is 2.22. The van der Waals surface area contributed by atoms with Crippen LogP contribution in [0.5, 0.6) is 0 Å². The number of carbonyl (C=O) groups is 2. The molecule has 18 heavy (non-hydrogen) atoms. The number of hydrogen-bond donors (Lipinski definition) is 1. The standard InChI is InChI=1S/C11H10F2N2O3/c12-9-7(1-2-14-10(9)13)11(18)15-4-6(5-15)3-8(16)17/h1-2,6H,3-5H2,(H,16,17). The Kier molecular flexibility index (Phi) is 3.22. The fourth-order valence-electron chi connectivity index (χ4n) is 1.87. The predicted molar refractivity (Wildman–Crippen MR) is 55.8 cm³/mol. The van der Waals surface area contributed by atoms with E-state index in [0.717, 1.165) is 12.3 Å². The molecule has 0 bridgehead atoms. The molecule has 1 fully saturated rings. The molecule has 0 atom stereocenters. The van der Waals surface area contributed by atoms with Crippen LogP contribution in [0.2, 0.25) is 0 Å². The van der Waals surface area contributed by atoms with E-state index in [4.69, 9.17) is 5.11 Å². The van der Waals surface area contributed by atoms with Crippen LogP contribution in [0.4, 0.5) is 8.78 Å². The van der Waals surface area contributed by atoms with Crippen LogP contribution in [0.25, 0.3) is 0 Å². The van der Waals surface area contributed by atoms with Crippen LogP contribution >= 0.6 is 0 Å². The third kappa shape index (κ3) is 2.29. The van der Waals surface area contributed by atoms with E-state index >= 15 is 0 Å². The molecule has 0 radical (unpaired) electrons. The number of likely N-dealkylation sites (tertiary alicyclic amines) is 1. The lowest BCUT2D eigenvalue weighted by molar-refractivity contribution is -0.139. The van der Waals surface area contributed by atoms with Crippen LogP contribution < -0.4 is 0 Å². The van der Waals surface area contributed by atoms with Gasteiger partial charge in [-0.2, -0.15) is 4.39 Å². The van der Waals surface area contributed by atoms with Gasteiger partial charge in [0.05, 0.1) is 12.0 Å². The average molecular weight is 256 g/mol. The van der Waals surface area contributed by atoms with Crippen LogP contribution in [0, 0.1) is 17.7 Å². The maximum atomic E-state index is 13.3. The first kappa shape index (κ1) is 12.4. The predicted octanol–water partition coefficient (Wildman–Crippen LogP) is 0.907. The van der Waals surface area contributed by atoms with Gasteiger partial charge in [-0.1, -0.05) is 0 Å². The highest BCUT2D eigenvalue weighted by Gasteiger charge is 2.34. The zero-order valence-corrected chi connectivity index (χ0v) is 9.27. The quantitative estimate of drug-likeness (QED) is 0.816. The van der Waals surface area contributed by atoms with Gasteiger partial charge in [0.1, 0.15) is 0 Å². The molecule has 2 rings (SSSR count). The zero-order valence-electron chi connectivity index (χ0n) is 9.27. The summed E-state index contributed by atoms with van der Waals surface area (Å²) in [6.45, 7) is 0.489. The van der Waals surface area contributed by atoms with Crippen molar-refractivity contribution in [1.82, 2.24) is 9.88 Å². The normalized spacial score (nSPS) is 15.3. The molecule has 1 aliphatic heterocycles. The molecule has 0 aromatic carbocycles. The highest BCUT2D eigenvalue weighted by molar-refractivity contribution is 5.95. The monoisotopic (exact) mass is 256 g/mol. The molecule has 1 aliphatic rings. The maximum absolute atomic E-state index is 13.3. The number of aliphatic carboxylic acids is 1. The molecular weight excluding hydrogens is 246 g/mol. The van der Waals surface area contributed by atoms with Crippen molar-refractivity contribution in [2.45, 2.75) is 6.42 Å². The van der Waals surface area contributed by atoms with Gasteiger partial charge in [-0.3, -0.25) is 9.59 Å². The number of nitrogens with zero attached hydrogens (tertiary/aromatic N) is 2. The van der Waals surface area contributed by atoms with Gasteiger partial charge < -0.3 is 10.0 Å². The van der Waals surface area contributed by atoms with Gasteiger partial charge in [-0.05, 0) is 6.07 Å². The van der Waals surface area contributed by atoms with Gasteiger partial charge in [-0.25, -0.2) is 9.37 Å². The Labute approximate surface area is 101 Å². The second-order valence-corrected chi connectivity index (χ2v) is 4.14. The van der Waals surface area contributed by atoms with Crippen molar-refractivity contribution in [1.29, 1.82) is 0 Å². The first-order chi connectivity index (χ1) is 8.49. The van der Waals surface area contributed by atoms with E-state index < -0.39 is 23.6 Å². The second kappa shape index (κ2) is 4.67. The molecule has 1 aromatic heterocycles. The second-order valence-electron chi connectivity index (χ2n) is 4.14. The highest BCUT2D eigenvalue weighted by atomic mass is 19.2. The maximum Gasteiger partial charge on any atom is 0.303 e. The summed E-state index contributed by atoms with van der Waals surface area (Å²) in [4.78, 5) is 26.6. The Morgan fingerprint density at radius 2 is 2.11 bits per heavy atom. The van der Waals surface area contributed by atoms with Gasteiger partial charge in [-0.15, -0.1) is 0 Å². The molecule has 2 heterocycles. The molecule has 96 valence electrons. The van der Waals surface area contributed by atoms with Crippen molar-refractivity contribution in [3.63, 3.8) is 0 Å². The lowest BCUT2D eigenvalue weighted by Gasteiger charge is -2.38. The van der Waals surface area contributed by atoms with E-state index in [0.29, 0.717) is 0 Å². The number of carboxylic acids is 1. The molecule has 1 saturated heterocycles. The number of amides is 1. The molecule has 1 aromatic rings. The average Bonchev–Trinajstić information content (AvgIpc) is 2.25. The van der Waals surface area contributed by atoms with Crippen LogP contribution in [0.1, 0.15) is 16.8 Å². The topological polar surface area (TPSA) is 70.5 Å². The van der Waals surface area contributed by atoms with Crippen molar-refractivity contribution < 1.29 is 23.5 Å². The van der Waals surface area contributed by atoms with E-state index in [1.807, 2.05) is 0 Å². The molecule has 5 nitrogen and oxygen atoms in total. The lowest BCUT2D eigenvalue weighted by Crippen LogP contribution is -2.50. The molecule has 0 aliphatic carbocycles. The van der Waals surface area contributed by atoms with Gasteiger partial charge >= 0.3 is 5.97 Å². The summed E-state index contributed by atoms with van der Waals surface area (Å²) < 4.78 is 26.1. The summed E-state index contributed by atoms with van der Waals surface area (Å²) in [5.41, 5.74) is -0.378. The van der Waals surface area contributed by atoms with E-state index in [1.165, 1.54) is 4.90 Å². The van der Waals surface area contributed by atoms with E-state index in [1.54, 1.807) is 0 Å². The number of pyridine rings is 1. The van der Waals surface area contributed by atoms with Gasteiger partial charge in [0.25, 0.3) is 5.91 Å². The zero-order chi connectivity index (χ0) is 13.3. The van der Waals surface area contributed by atoms with Crippen molar-refractivity contribution >= 4 is 11.9 Å². The van der Waals surface area contributed by atoms with Gasteiger partial charge in [0.15, 0.2) is 5.82 Å². The first-order valence-electron chi connectivity index (χ1n) is 5.30. The van der Waals surface area contributed by atoms with Crippen molar-refractivity contribution in [2.24, 2.45) is 5.92 Å². The largest absolute Gasteiger partial charge is 0.481 e. The van der Waals surface area contributed by atoms with Crippen LogP contribution in [0.3, 0.4) is 0 Å². The third-order valence-corrected chi connectivity index (χ3v) is 2.78. The smallest absolute Gasteiger partial charge is 0.303 e. The Morgan fingerprint density at radius 3 is 2.72 bits per heavy atom. The summed E-state index contributed by atoms with van der Waals surface area (Å²) in [5.74, 6) is -4.29. The minimum Gasteiger partial charge on any atom is -0.481 e. The van der Waals surface area contributed by atoms with Crippen molar-refractivity contribution in [3.05, 3.63) is 29.6 Å². The number of rotatable bonds is 3. The summed E-state index contributed by atoms with van der Waals surface area (Å²) in [6.07, 6.45) is 0.983. The number of halogens is 2. The van der Waals surface area contributed by atoms with Gasteiger partial charge in [0, 0.05) is 25.2 Å². The Morgan fingerprint density at radius 1 is 1.44 bits per heavy atom. The minimum atomic E-state index is -1.32. The Bertz CT molecular complexity index is 501. The summed E-state index contributed by atoms with van der Waals surface area (Å²) in [7, 11) is 0.